The minimum atomic E-state index is 0.294. The number of para-hydroxylation sites is 2. The molecule has 0 aliphatic carbocycles. The largest absolute Gasteiger partial charge is 0.469 e. The molecule has 0 radical (unpaired) electrons. The topological polar surface area (TPSA) is 57.5 Å². The van der Waals surface area contributed by atoms with Gasteiger partial charge in [-0.25, -0.2) is 4.98 Å². The fourth-order valence-electron chi connectivity index (χ4n) is 4.17. The maximum absolute atomic E-state index is 9.86. The number of nitriles is 1. The number of aryl methyl sites for hydroxylation is 1. The number of hydrogen-bond donors (Lipinski definition) is 0. The first-order valence-corrected chi connectivity index (χ1v) is 10.1. The summed E-state index contributed by atoms with van der Waals surface area (Å²) in [5.74, 6) is 2.13. The van der Waals surface area contributed by atoms with Gasteiger partial charge in [-0.1, -0.05) is 19.1 Å². The van der Waals surface area contributed by atoms with Gasteiger partial charge in [-0.05, 0) is 62.1 Å². The van der Waals surface area contributed by atoms with Crippen molar-refractivity contribution in [3.63, 3.8) is 0 Å². The predicted octanol–water partition coefficient (Wildman–Crippen LogP) is 5.28. The van der Waals surface area contributed by atoms with Crippen LogP contribution in [0.3, 0.4) is 0 Å². The zero-order chi connectivity index (χ0) is 20.5. The Balaban J connectivity index is 1.89. The van der Waals surface area contributed by atoms with Crippen LogP contribution in [0.15, 0.2) is 47.1 Å². The van der Waals surface area contributed by atoms with Crippen molar-refractivity contribution in [3.8, 4) is 6.07 Å². The van der Waals surface area contributed by atoms with Crippen LogP contribution in [0.5, 0.6) is 0 Å². The molecule has 0 spiro atoms. The third kappa shape index (κ3) is 3.15. The van der Waals surface area contributed by atoms with Gasteiger partial charge < -0.3 is 9.32 Å². The number of fused-ring (bicyclic) bond motifs is 3. The molecule has 1 aromatic carbocycles. The molecule has 0 bridgehead atoms. The summed E-state index contributed by atoms with van der Waals surface area (Å²) in [6, 6.07) is 14.8. The van der Waals surface area contributed by atoms with E-state index >= 15 is 0 Å². The molecule has 4 rings (SSSR count). The van der Waals surface area contributed by atoms with E-state index in [4.69, 9.17) is 9.40 Å². The van der Waals surface area contributed by atoms with Crippen molar-refractivity contribution in [1.82, 2.24) is 9.38 Å². The van der Waals surface area contributed by atoms with E-state index in [-0.39, 0.29) is 0 Å². The van der Waals surface area contributed by atoms with Crippen LogP contribution in [0.25, 0.3) is 16.7 Å². The first-order chi connectivity index (χ1) is 14.1. The zero-order valence-corrected chi connectivity index (χ0v) is 17.4. The average molecular weight is 386 g/mol. The molecule has 1 unspecified atom stereocenters. The molecule has 148 valence electrons. The Labute approximate surface area is 171 Å². The van der Waals surface area contributed by atoms with Crippen LogP contribution in [0, 0.1) is 18.3 Å². The highest BCUT2D eigenvalue weighted by molar-refractivity contribution is 5.86. The molecule has 3 aromatic heterocycles. The molecule has 0 saturated carbocycles. The number of rotatable bonds is 6. The van der Waals surface area contributed by atoms with Gasteiger partial charge in [0, 0.05) is 19.5 Å². The molecule has 0 fully saturated rings. The van der Waals surface area contributed by atoms with Gasteiger partial charge in [-0.3, -0.25) is 4.40 Å². The number of nitrogens with zero attached hydrogens (tertiary/aromatic N) is 4. The number of hydrogen-bond acceptors (Lipinski definition) is 4. The van der Waals surface area contributed by atoms with E-state index in [1.807, 2.05) is 37.3 Å². The van der Waals surface area contributed by atoms with Crippen molar-refractivity contribution in [2.24, 2.45) is 0 Å². The Bertz CT molecular complexity index is 1200. The molecule has 0 saturated heterocycles. The van der Waals surface area contributed by atoms with Gasteiger partial charge in [0.25, 0.3) is 0 Å². The van der Waals surface area contributed by atoms with Crippen molar-refractivity contribution in [3.05, 3.63) is 65.1 Å². The highest BCUT2D eigenvalue weighted by Gasteiger charge is 2.24. The lowest BCUT2D eigenvalue weighted by atomic mass is 10.0. The van der Waals surface area contributed by atoms with E-state index in [0.717, 1.165) is 53.1 Å². The average Bonchev–Trinajstić information content (AvgIpc) is 3.38. The van der Waals surface area contributed by atoms with Crippen molar-refractivity contribution in [2.45, 2.75) is 46.1 Å². The number of imidazole rings is 1. The van der Waals surface area contributed by atoms with E-state index in [9.17, 15) is 5.26 Å². The highest BCUT2D eigenvalue weighted by atomic mass is 16.3. The Morgan fingerprint density at radius 3 is 2.72 bits per heavy atom. The van der Waals surface area contributed by atoms with Crippen LogP contribution in [0.2, 0.25) is 0 Å². The molecule has 0 aliphatic heterocycles. The van der Waals surface area contributed by atoms with Crippen LogP contribution >= 0.6 is 0 Å². The van der Waals surface area contributed by atoms with Crippen molar-refractivity contribution >= 4 is 22.5 Å². The summed E-state index contributed by atoms with van der Waals surface area (Å²) in [4.78, 5) is 7.14. The first kappa shape index (κ1) is 19.1. The molecule has 3 heterocycles. The van der Waals surface area contributed by atoms with Crippen LogP contribution in [0.4, 0.5) is 5.82 Å². The second kappa shape index (κ2) is 7.63. The summed E-state index contributed by atoms with van der Waals surface area (Å²) in [5.41, 5.74) is 5.58. The minimum Gasteiger partial charge on any atom is -0.469 e. The molecule has 29 heavy (non-hydrogen) atoms. The van der Waals surface area contributed by atoms with E-state index in [2.05, 4.69) is 42.3 Å². The molecular weight excluding hydrogens is 360 g/mol. The second-order valence-electron chi connectivity index (χ2n) is 7.61. The van der Waals surface area contributed by atoms with Crippen molar-refractivity contribution < 1.29 is 4.42 Å². The Hall–Kier alpha value is -3.26. The summed E-state index contributed by atoms with van der Waals surface area (Å²) in [7, 11) is 2.14. The summed E-state index contributed by atoms with van der Waals surface area (Å²) in [6.45, 7) is 6.43. The molecule has 5 nitrogen and oxygen atoms in total. The summed E-state index contributed by atoms with van der Waals surface area (Å²) in [6.07, 6.45) is 4.45. The zero-order valence-electron chi connectivity index (χ0n) is 17.4. The Morgan fingerprint density at radius 1 is 1.24 bits per heavy atom. The van der Waals surface area contributed by atoms with E-state index in [0.29, 0.717) is 11.6 Å². The lowest BCUT2D eigenvalue weighted by Crippen LogP contribution is -2.32. The van der Waals surface area contributed by atoms with Gasteiger partial charge in [0.05, 0.1) is 22.9 Å². The summed E-state index contributed by atoms with van der Waals surface area (Å²) < 4.78 is 7.68. The number of furan rings is 1. The molecule has 1 atom stereocenters. The maximum Gasteiger partial charge on any atom is 0.157 e. The Kier molecular flexibility index (Phi) is 5.02. The number of pyridine rings is 1. The predicted molar refractivity (Wildman–Crippen MR) is 116 cm³/mol. The van der Waals surface area contributed by atoms with Gasteiger partial charge >= 0.3 is 0 Å². The number of benzene rings is 1. The van der Waals surface area contributed by atoms with Gasteiger partial charge in [0.1, 0.15) is 17.6 Å². The number of aromatic nitrogens is 2. The fraction of sp³-hybridized carbons (Fsp3) is 0.333. The van der Waals surface area contributed by atoms with Gasteiger partial charge in [-0.2, -0.15) is 5.26 Å². The Morgan fingerprint density at radius 2 is 2.03 bits per heavy atom. The summed E-state index contributed by atoms with van der Waals surface area (Å²) in [5, 5.41) is 9.86. The summed E-state index contributed by atoms with van der Waals surface area (Å²) >= 11 is 0. The first-order valence-electron chi connectivity index (χ1n) is 10.1. The smallest absolute Gasteiger partial charge is 0.157 e. The van der Waals surface area contributed by atoms with E-state index in [1.54, 1.807) is 6.26 Å². The van der Waals surface area contributed by atoms with E-state index < -0.39 is 0 Å². The SMILES string of the molecule is CCc1c(C)c(C#N)c2nc3ccccc3n2c1N(C)C(C)CCc1ccco1. The second-order valence-corrected chi connectivity index (χ2v) is 7.61. The molecule has 5 heteroatoms. The van der Waals surface area contributed by atoms with Crippen LogP contribution in [-0.2, 0) is 12.8 Å². The molecule has 4 aromatic rings. The standard InChI is InChI=1S/C24H26N4O/c1-5-19-17(3)20(15-25)23-26-21-10-6-7-11-22(21)28(23)24(19)27(4)16(2)12-13-18-9-8-14-29-18/h6-11,14,16H,5,12-13H2,1-4H3. The van der Waals surface area contributed by atoms with Crippen molar-refractivity contribution in [2.75, 3.05) is 11.9 Å². The van der Waals surface area contributed by atoms with Crippen LogP contribution in [-0.4, -0.2) is 22.5 Å². The highest BCUT2D eigenvalue weighted by Crippen LogP contribution is 2.34. The van der Waals surface area contributed by atoms with Gasteiger partial charge in [-0.15, -0.1) is 0 Å². The van der Waals surface area contributed by atoms with Gasteiger partial charge in [0.15, 0.2) is 5.65 Å². The molecule has 0 aliphatic rings. The van der Waals surface area contributed by atoms with Crippen LogP contribution < -0.4 is 4.90 Å². The third-order valence-corrected chi connectivity index (χ3v) is 5.94. The van der Waals surface area contributed by atoms with Crippen molar-refractivity contribution in [1.29, 1.82) is 5.26 Å². The normalized spacial score (nSPS) is 12.4. The quantitative estimate of drug-likeness (QED) is 0.452. The maximum atomic E-state index is 9.86. The molecule has 0 N–H and O–H groups in total. The lowest BCUT2D eigenvalue weighted by Gasteiger charge is -2.31. The van der Waals surface area contributed by atoms with E-state index in [1.165, 1.54) is 5.56 Å². The van der Waals surface area contributed by atoms with Crippen LogP contribution in [0.1, 0.15) is 42.7 Å². The third-order valence-electron chi connectivity index (χ3n) is 5.94. The minimum absolute atomic E-state index is 0.294. The lowest BCUT2D eigenvalue weighted by molar-refractivity contribution is 0.486. The fourth-order valence-corrected chi connectivity index (χ4v) is 4.17. The monoisotopic (exact) mass is 386 g/mol. The molecular formula is C24H26N4O. The number of anilines is 1. The molecule has 0 amide bonds. The van der Waals surface area contributed by atoms with Gasteiger partial charge in [0.2, 0.25) is 0 Å².